The number of hydrogen-bond acceptors (Lipinski definition) is 4. The van der Waals surface area contributed by atoms with E-state index in [1.807, 2.05) is 65.6 Å². The molecule has 0 radical (unpaired) electrons. The molecule has 0 unspecified atom stereocenters. The third kappa shape index (κ3) is 7.45. The van der Waals surface area contributed by atoms with Crippen molar-refractivity contribution >= 4 is 40.9 Å². The zero-order valence-corrected chi connectivity index (χ0v) is 23.5. The van der Waals surface area contributed by atoms with Crippen molar-refractivity contribution in [3.63, 3.8) is 0 Å². The van der Waals surface area contributed by atoms with E-state index in [0.717, 1.165) is 11.3 Å². The fourth-order valence-electron chi connectivity index (χ4n) is 5.46. The molecule has 2 amide bonds. The van der Waals surface area contributed by atoms with Gasteiger partial charge in [-0.05, 0) is 66.3 Å². The highest BCUT2D eigenvalue weighted by Gasteiger charge is 2.21. The van der Waals surface area contributed by atoms with Crippen molar-refractivity contribution in [2.24, 2.45) is 0 Å². The van der Waals surface area contributed by atoms with Gasteiger partial charge in [0.15, 0.2) is 6.61 Å². The summed E-state index contributed by atoms with van der Waals surface area (Å²) in [6.07, 6.45) is 9.94. The second-order valence-corrected chi connectivity index (χ2v) is 10.9. The van der Waals surface area contributed by atoms with Crippen LogP contribution in [0.4, 0.5) is 11.4 Å². The number of rotatable bonds is 8. The molecule has 1 saturated carbocycles. The lowest BCUT2D eigenvalue weighted by atomic mass is 9.84. The van der Waals surface area contributed by atoms with Gasteiger partial charge in [0.1, 0.15) is 5.75 Å². The molecule has 0 atom stereocenters. The lowest BCUT2D eigenvalue weighted by Gasteiger charge is -2.36. The molecule has 208 valence electrons. The van der Waals surface area contributed by atoms with Gasteiger partial charge >= 0.3 is 0 Å². The maximum Gasteiger partial charge on any atom is 0.262 e. The van der Waals surface area contributed by atoms with Gasteiger partial charge in [-0.25, -0.2) is 0 Å². The molecule has 7 heteroatoms. The van der Waals surface area contributed by atoms with Gasteiger partial charge in [-0.1, -0.05) is 73.3 Å². The predicted octanol–water partition coefficient (Wildman–Crippen LogP) is 6.77. The van der Waals surface area contributed by atoms with Crippen LogP contribution in [0.3, 0.4) is 0 Å². The first-order valence-corrected chi connectivity index (χ1v) is 14.5. The first-order chi connectivity index (χ1) is 19.5. The van der Waals surface area contributed by atoms with E-state index in [2.05, 4.69) is 22.3 Å². The van der Waals surface area contributed by atoms with Crippen LogP contribution in [0, 0.1) is 0 Å². The first-order valence-electron chi connectivity index (χ1n) is 14.1. The normalized spacial score (nSPS) is 16.2. The SMILES string of the molecule is O=C(COc1ccc(C2CCCCC2)cc1)Nc1ccc(N2CCN(C(=O)/C=C/c3ccccc3)CC2)c(Cl)c1. The molecule has 2 fully saturated rings. The topological polar surface area (TPSA) is 61.9 Å². The summed E-state index contributed by atoms with van der Waals surface area (Å²) < 4.78 is 5.71. The molecule has 1 heterocycles. The molecular weight excluding hydrogens is 522 g/mol. The summed E-state index contributed by atoms with van der Waals surface area (Å²) in [5.41, 5.74) is 3.87. The van der Waals surface area contributed by atoms with E-state index >= 15 is 0 Å². The highest BCUT2D eigenvalue weighted by atomic mass is 35.5. The Morgan fingerprint density at radius 3 is 2.33 bits per heavy atom. The minimum Gasteiger partial charge on any atom is -0.484 e. The molecule has 1 saturated heterocycles. The summed E-state index contributed by atoms with van der Waals surface area (Å²) in [6.45, 7) is 2.53. The van der Waals surface area contributed by atoms with Crippen LogP contribution in [0.25, 0.3) is 6.08 Å². The van der Waals surface area contributed by atoms with Crippen LogP contribution in [0.2, 0.25) is 5.02 Å². The van der Waals surface area contributed by atoms with Crippen molar-refractivity contribution in [2.45, 2.75) is 38.0 Å². The summed E-state index contributed by atoms with van der Waals surface area (Å²) in [7, 11) is 0. The van der Waals surface area contributed by atoms with Crippen molar-refractivity contribution in [3.05, 3.63) is 95.0 Å². The zero-order chi connectivity index (χ0) is 27.7. The second kappa shape index (κ2) is 13.5. The summed E-state index contributed by atoms with van der Waals surface area (Å²) >= 11 is 6.60. The van der Waals surface area contributed by atoms with Gasteiger partial charge in [0.25, 0.3) is 5.91 Å². The molecule has 0 spiro atoms. The molecule has 3 aromatic rings. The van der Waals surface area contributed by atoms with E-state index in [9.17, 15) is 9.59 Å². The Balaban J connectivity index is 1.08. The van der Waals surface area contributed by atoms with Gasteiger partial charge in [-0.15, -0.1) is 0 Å². The van der Waals surface area contributed by atoms with Crippen LogP contribution < -0.4 is 15.0 Å². The van der Waals surface area contributed by atoms with E-state index < -0.39 is 0 Å². The zero-order valence-electron chi connectivity index (χ0n) is 22.7. The fraction of sp³-hybridized carbons (Fsp3) is 0.333. The highest BCUT2D eigenvalue weighted by molar-refractivity contribution is 6.33. The van der Waals surface area contributed by atoms with E-state index in [1.54, 1.807) is 12.1 Å². The molecule has 1 aliphatic heterocycles. The number of halogens is 1. The standard InChI is InChI=1S/C33H36ClN3O3/c34-30-23-28(35-32(38)24-40-29-15-12-27(13-16-29)26-9-5-2-6-10-26)14-17-31(30)36-19-21-37(22-20-36)33(39)18-11-25-7-3-1-4-8-25/h1,3-4,7-8,11-18,23,26H,2,5-6,9-10,19-22,24H2,(H,35,38)/b18-11+. The van der Waals surface area contributed by atoms with Gasteiger partial charge in [0.2, 0.25) is 5.91 Å². The molecule has 0 bridgehead atoms. The smallest absolute Gasteiger partial charge is 0.262 e. The number of nitrogens with zero attached hydrogens (tertiary/aromatic N) is 2. The van der Waals surface area contributed by atoms with Crippen molar-refractivity contribution in [3.8, 4) is 5.75 Å². The Kier molecular flexibility index (Phi) is 9.40. The summed E-state index contributed by atoms with van der Waals surface area (Å²) in [6, 6.07) is 23.5. The van der Waals surface area contributed by atoms with E-state index in [4.69, 9.17) is 16.3 Å². The molecule has 2 aliphatic rings. The van der Waals surface area contributed by atoms with Crippen molar-refractivity contribution in [1.82, 2.24) is 4.90 Å². The van der Waals surface area contributed by atoms with Crippen LogP contribution in [0.1, 0.15) is 49.1 Å². The maximum atomic E-state index is 12.6. The summed E-state index contributed by atoms with van der Waals surface area (Å²) in [5.74, 6) is 1.11. The number of ether oxygens (including phenoxy) is 1. The van der Waals surface area contributed by atoms with Gasteiger partial charge in [-0.3, -0.25) is 9.59 Å². The Hall–Kier alpha value is -3.77. The minimum absolute atomic E-state index is 0.00930. The monoisotopic (exact) mass is 557 g/mol. The van der Waals surface area contributed by atoms with Gasteiger partial charge in [-0.2, -0.15) is 0 Å². The number of carbonyl (C=O) groups is 2. The van der Waals surface area contributed by atoms with E-state index in [0.29, 0.717) is 48.6 Å². The number of benzene rings is 3. The molecule has 5 rings (SSSR count). The number of piperazine rings is 1. The molecule has 40 heavy (non-hydrogen) atoms. The Bertz CT molecular complexity index is 1310. The van der Waals surface area contributed by atoms with E-state index in [-0.39, 0.29) is 18.4 Å². The third-order valence-corrected chi connectivity index (χ3v) is 8.01. The lowest BCUT2D eigenvalue weighted by Crippen LogP contribution is -2.48. The predicted molar refractivity (Wildman–Crippen MR) is 162 cm³/mol. The largest absolute Gasteiger partial charge is 0.484 e. The maximum absolute atomic E-state index is 12.6. The summed E-state index contributed by atoms with van der Waals surface area (Å²) in [4.78, 5) is 29.1. The van der Waals surface area contributed by atoms with E-state index in [1.165, 1.54) is 37.7 Å². The Labute approximate surface area is 241 Å². The first kappa shape index (κ1) is 27.8. The highest BCUT2D eigenvalue weighted by Crippen LogP contribution is 2.33. The molecule has 1 N–H and O–H groups in total. The molecule has 0 aromatic heterocycles. The average Bonchev–Trinajstić information content (AvgIpc) is 3.00. The van der Waals surface area contributed by atoms with Crippen LogP contribution >= 0.6 is 11.6 Å². The molecule has 3 aromatic carbocycles. The van der Waals surface area contributed by atoms with Gasteiger partial charge in [0, 0.05) is 37.9 Å². The second-order valence-electron chi connectivity index (χ2n) is 10.5. The number of amides is 2. The van der Waals surface area contributed by atoms with Gasteiger partial charge < -0.3 is 19.9 Å². The summed E-state index contributed by atoms with van der Waals surface area (Å²) in [5, 5.41) is 3.42. The molecule has 1 aliphatic carbocycles. The quantitative estimate of drug-likeness (QED) is 0.311. The van der Waals surface area contributed by atoms with Crippen LogP contribution in [-0.2, 0) is 9.59 Å². The number of anilines is 2. The minimum atomic E-state index is -0.240. The number of nitrogens with one attached hydrogen (secondary N) is 1. The molecular formula is C33H36ClN3O3. The van der Waals surface area contributed by atoms with Crippen LogP contribution in [-0.4, -0.2) is 49.5 Å². The number of carbonyl (C=O) groups excluding carboxylic acids is 2. The average molecular weight is 558 g/mol. The van der Waals surface area contributed by atoms with Gasteiger partial charge in [0.05, 0.1) is 10.7 Å². The van der Waals surface area contributed by atoms with Crippen molar-refractivity contribution < 1.29 is 14.3 Å². The Morgan fingerprint density at radius 1 is 0.900 bits per heavy atom. The van der Waals surface area contributed by atoms with Crippen LogP contribution in [0.5, 0.6) is 5.75 Å². The van der Waals surface area contributed by atoms with Crippen molar-refractivity contribution in [1.29, 1.82) is 0 Å². The molecule has 6 nitrogen and oxygen atoms in total. The number of hydrogen-bond donors (Lipinski definition) is 1. The van der Waals surface area contributed by atoms with Crippen LogP contribution in [0.15, 0.2) is 78.9 Å². The Morgan fingerprint density at radius 2 is 1.62 bits per heavy atom. The third-order valence-electron chi connectivity index (χ3n) is 7.71. The van der Waals surface area contributed by atoms with Crippen molar-refractivity contribution in [2.75, 3.05) is 43.0 Å². The lowest BCUT2D eigenvalue weighted by molar-refractivity contribution is -0.126. The fourth-order valence-corrected chi connectivity index (χ4v) is 5.76.